The van der Waals surface area contributed by atoms with Crippen LogP contribution >= 0.6 is 34.7 Å². The van der Waals surface area contributed by atoms with Gasteiger partial charge in [-0.3, -0.25) is 23.7 Å². The minimum absolute atomic E-state index is 0.227. The van der Waals surface area contributed by atoms with Crippen LogP contribution in [-0.4, -0.2) is 27.5 Å². The van der Waals surface area contributed by atoms with E-state index in [0.717, 1.165) is 33.2 Å². The zero-order valence-electron chi connectivity index (χ0n) is 22.8. The molecule has 7 nitrogen and oxygen atoms in total. The number of fused-ring (bicyclic) bond motifs is 3. The van der Waals surface area contributed by atoms with Gasteiger partial charge in [-0.25, -0.2) is 4.90 Å². The summed E-state index contributed by atoms with van der Waals surface area (Å²) < 4.78 is 1.43. The Labute approximate surface area is 260 Å². The Morgan fingerprint density at radius 2 is 1.60 bits per heavy atom. The van der Waals surface area contributed by atoms with Crippen LogP contribution in [0.4, 0.5) is 11.4 Å². The zero-order chi connectivity index (χ0) is 29.8. The van der Waals surface area contributed by atoms with E-state index in [0.29, 0.717) is 26.3 Å². The molecule has 1 fully saturated rings. The van der Waals surface area contributed by atoms with E-state index in [1.165, 1.54) is 21.2 Å². The van der Waals surface area contributed by atoms with Gasteiger partial charge >= 0.3 is 4.87 Å². The van der Waals surface area contributed by atoms with Crippen LogP contribution < -0.4 is 15.1 Å². The predicted molar refractivity (Wildman–Crippen MR) is 171 cm³/mol. The van der Waals surface area contributed by atoms with Crippen LogP contribution in [0.2, 0.25) is 5.02 Å². The fourth-order valence-corrected chi connectivity index (χ4v) is 8.80. The molecule has 2 aliphatic rings. The van der Waals surface area contributed by atoms with Crippen LogP contribution in [-0.2, 0) is 20.9 Å². The molecule has 4 aromatic carbocycles. The number of anilines is 2. The second-order valence-corrected chi connectivity index (χ2v) is 13.2. The number of hydrogen-bond donors (Lipinski definition) is 1. The highest BCUT2D eigenvalue weighted by Gasteiger charge is 2.56. The summed E-state index contributed by atoms with van der Waals surface area (Å²) in [5.74, 6) is -2.27. The number of thiazole rings is 1. The maximum absolute atomic E-state index is 14.0. The van der Waals surface area contributed by atoms with Gasteiger partial charge in [-0.2, -0.15) is 0 Å². The fraction of sp³-hybridized carbons (Fsp3) is 0.152. The van der Waals surface area contributed by atoms with Gasteiger partial charge in [0.15, 0.2) is 0 Å². The van der Waals surface area contributed by atoms with E-state index in [2.05, 4.69) is 5.32 Å². The van der Waals surface area contributed by atoms with Crippen LogP contribution in [0.25, 0.3) is 10.8 Å². The largest absolute Gasteiger partial charge is 0.324 e. The molecule has 0 radical (unpaired) electrons. The van der Waals surface area contributed by atoms with E-state index in [9.17, 15) is 19.2 Å². The zero-order valence-corrected chi connectivity index (χ0v) is 25.2. The van der Waals surface area contributed by atoms with Gasteiger partial charge in [-0.05, 0) is 48.2 Å². The number of nitrogens with one attached hydrogen (secondary N) is 1. The van der Waals surface area contributed by atoms with E-state index in [4.69, 9.17) is 11.6 Å². The summed E-state index contributed by atoms with van der Waals surface area (Å²) in [6.07, 6.45) is 0. The number of nitrogens with zero attached hydrogens (tertiary/aromatic N) is 2. The molecule has 3 heterocycles. The lowest BCUT2D eigenvalue weighted by atomic mass is 9.83. The fourth-order valence-electron chi connectivity index (χ4n) is 5.90. The Morgan fingerprint density at radius 3 is 2.37 bits per heavy atom. The first kappa shape index (κ1) is 27.6. The molecule has 5 aromatic rings. The second-order valence-electron chi connectivity index (χ2n) is 10.6. The molecule has 1 saturated heterocycles. The van der Waals surface area contributed by atoms with Crippen LogP contribution in [0.1, 0.15) is 21.9 Å². The Balaban J connectivity index is 1.28. The highest BCUT2D eigenvalue weighted by molar-refractivity contribution is 8.00. The maximum atomic E-state index is 14.0. The van der Waals surface area contributed by atoms with Crippen molar-refractivity contribution in [2.75, 3.05) is 10.2 Å². The third-order valence-electron chi connectivity index (χ3n) is 7.94. The van der Waals surface area contributed by atoms with Crippen molar-refractivity contribution in [3.05, 3.63) is 122 Å². The number of amides is 3. The minimum Gasteiger partial charge on any atom is -0.324 e. The number of thioether (sulfide) groups is 1. The molecule has 7 rings (SSSR count). The smallest absolute Gasteiger partial charge is 0.308 e. The molecule has 3 atom stereocenters. The van der Waals surface area contributed by atoms with Gasteiger partial charge in [-0.15, -0.1) is 0 Å². The Bertz CT molecular complexity index is 1980. The standard InChI is InChI=1S/C33H24ClN3O4S2/c1-18-9-15-22(16-10-18)37-30(39)27-26(20-11-13-21(34)14-12-20)29-32(42-28(27)31(37)40)36(33(41)43-29)17-25(38)35-24-8-4-6-19-5-2-3-7-23(19)24/h2-16,26-28H,17H2,1H3,(H,35,38)/t26-,27?,28?/m1/s1. The molecule has 1 N–H and O–H groups in total. The molecular formula is C33H24ClN3O4S2. The van der Waals surface area contributed by atoms with E-state index >= 15 is 0 Å². The highest BCUT2D eigenvalue weighted by Crippen LogP contribution is 2.54. The molecule has 0 saturated carbocycles. The lowest BCUT2D eigenvalue weighted by molar-refractivity contribution is -0.122. The molecule has 10 heteroatoms. The molecule has 2 aliphatic heterocycles. The number of carbonyl (C=O) groups excluding carboxylic acids is 3. The van der Waals surface area contributed by atoms with Gasteiger partial charge in [0.25, 0.3) is 0 Å². The Morgan fingerprint density at radius 1 is 0.884 bits per heavy atom. The first-order chi connectivity index (χ1) is 20.8. The number of imide groups is 1. The number of hydrogen-bond acceptors (Lipinski definition) is 6. The summed E-state index contributed by atoms with van der Waals surface area (Å²) in [6.45, 7) is 1.72. The van der Waals surface area contributed by atoms with Crippen molar-refractivity contribution in [2.45, 2.75) is 29.7 Å². The third-order valence-corrected chi connectivity index (χ3v) is 10.8. The number of aromatic nitrogens is 1. The Kier molecular flexibility index (Phi) is 6.96. The van der Waals surface area contributed by atoms with Crippen molar-refractivity contribution in [1.82, 2.24) is 4.57 Å². The average Bonchev–Trinajstić information content (AvgIpc) is 3.44. The molecular weight excluding hydrogens is 602 g/mol. The predicted octanol–water partition coefficient (Wildman–Crippen LogP) is 6.46. The van der Waals surface area contributed by atoms with Crippen molar-refractivity contribution in [2.24, 2.45) is 5.92 Å². The Hall–Kier alpha value is -4.18. The SMILES string of the molecule is Cc1ccc(N2C(=O)C3Sc4c(sc(=O)n4CC(=O)Nc4cccc5ccccc45)[C@H](c4ccc(Cl)cc4)C3C2=O)cc1. The molecule has 0 aliphatic carbocycles. The van der Waals surface area contributed by atoms with Crippen LogP contribution in [0.5, 0.6) is 0 Å². The minimum atomic E-state index is -0.761. The number of benzene rings is 4. The van der Waals surface area contributed by atoms with Crippen molar-refractivity contribution in [3.8, 4) is 0 Å². The van der Waals surface area contributed by atoms with Gasteiger partial charge in [0.1, 0.15) is 11.8 Å². The first-order valence-corrected chi connectivity index (χ1v) is 15.8. The molecule has 1 aromatic heterocycles. The lowest BCUT2D eigenvalue weighted by Gasteiger charge is -2.30. The molecule has 0 bridgehead atoms. The molecule has 214 valence electrons. The summed E-state index contributed by atoms with van der Waals surface area (Å²) in [5.41, 5.74) is 2.96. The van der Waals surface area contributed by atoms with E-state index in [-0.39, 0.29) is 29.1 Å². The van der Waals surface area contributed by atoms with Crippen LogP contribution in [0.15, 0.2) is 101 Å². The second kappa shape index (κ2) is 10.8. The van der Waals surface area contributed by atoms with Crippen molar-refractivity contribution >= 4 is 74.6 Å². The van der Waals surface area contributed by atoms with Crippen molar-refractivity contribution in [1.29, 1.82) is 0 Å². The van der Waals surface area contributed by atoms with E-state index in [1.807, 2.05) is 73.7 Å². The monoisotopic (exact) mass is 625 g/mol. The summed E-state index contributed by atoms with van der Waals surface area (Å²) >= 11 is 8.40. The molecule has 3 amide bonds. The average molecular weight is 626 g/mol. The van der Waals surface area contributed by atoms with Crippen molar-refractivity contribution in [3.63, 3.8) is 0 Å². The summed E-state index contributed by atoms with van der Waals surface area (Å²) in [7, 11) is 0. The molecule has 0 spiro atoms. The van der Waals surface area contributed by atoms with Crippen molar-refractivity contribution < 1.29 is 14.4 Å². The van der Waals surface area contributed by atoms with Crippen LogP contribution in [0, 0.1) is 12.8 Å². The number of rotatable bonds is 5. The van der Waals surface area contributed by atoms with Gasteiger partial charge in [0, 0.05) is 26.9 Å². The topological polar surface area (TPSA) is 88.5 Å². The first-order valence-electron chi connectivity index (χ1n) is 13.7. The number of halogens is 1. The highest BCUT2D eigenvalue weighted by atomic mass is 35.5. The normalized spacial score (nSPS) is 19.4. The summed E-state index contributed by atoms with van der Waals surface area (Å²) in [6, 6.07) is 27.8. The third kappa shape index (κ3) is 4.77. The van der Waals surface area contributed by atoms with E-state index < -0.39 is 17.1 Å². The van der Waals surface area contributed by atoms with Gasteiger partial charge in [0.05, 0.1) is 16.6 Å². The number of carbonyl (C=O) groups is 3. The lowest BCUT2D eigenvalue weighted by Crippen LogP contribution is -2.33. The van der Waals surface area contributed by atoms with E-state index in [1.54, 1.807) is 24.3 Å². The quantitative estimate of drug-likeness (QED) is 0.227. The molecule has 2 unspecified atom stereocenters. The molecule has 43 heavy (non-hydrogen) atoms. The summed E-state index contributed by atoms with van der Waals surface area (Å²) in [4.78, 5) is 56.3. The van der Waals surface area contributed by atoms with Gasteiger partial charge < -0.3 is 5.32 Å². The maximum Gasteiger partial charge on any atom is 0.308 e. The number of aryl methyl sites for hydroxylation is 1. The van der Waals surface area contributed by atoms with Crippen LogP contribution in [0.3, 0.4) is 0 Å². The summed E-state index contributed by atoms with van der Waals surface area (Å²) in [5, 5.41) is 5.15. The van der Waals surface area contributed by atoms with Gasteiger partial charge in [0.2, 0.25) is 17.7 Å². The van der Waals surface area contributed by atoms with Gasteiger partial charge in [-0.1, -0.05) is 101 Å².